The zero-order valence-electron chi connectivity index (χ0n) is 12.2. The number of hydrogen-bond acceptors (Lipinski definition) is 5. The second kappa shape index (κ2) is 7.98. The molecule has 0 saturated heterocycles. The van der Waals surface area contributed by atoms with Crippen LogP contribution in [-0.2, 0) is 4.79 Å². The molecule has 1 amide bonds. The predicted molar refractivity (Wildman–Crippen MR) is 101 cm³/mol. The third-order valence-electron chi connectivity index (χ3n) is 2.93. The Bertz CT molecular complexity index is 856. The van der Waals surface area contributed by atoms with Gasteiger partial charge in [-0.15, -0.1) is 23.1 Å². The summed E-state index contributed by atoms with van der Waals surface area (Å²) >= 11 is 14.7. The number of thioether (sulfide) groups is 1. The number of amides is 1. The smallest absolute Gasteiger partial charge is 0.236 e. The summed E-state index contributed by atoms with van der Waals surface area (Å²) in [4.78, 5) is 21.5. The van der Waals surface area contributed by atoms with Gasteiger partial charge in [-0.2, -0.15) is 0 Å². The van der Waals surface area contributed by atoms with Crippen molar-refractivity contribution >= 4 is 57.3 Å². The molecule has 2 aromatic heterocycles. The van der Waals surface area contributed by atoms with Crippen LogP contribution in [0, 0.1) is 0 Å². The zero-order valence-corrected chi connectivity index (χ0v) is 15.3. The summed E-state index contributed by atoms with van der Waals surface area (Å²) in [6, 6.07) is 10.8. The number of rotatable bonds is 5. The summed E-state index contributed by atoms with van der Waals surface area (Å²) in [6.07, 6.45) is 1.71. The third-order valence-corrected chi connectivity index (χ3v) is 5.42. The number of nitrogens with zero attached hydrogens (tertiary/aromatic N) is 2. The molecule has 8 heteroatoms. The molecular formula is C16H11Cl2N3OS2. The largest absolute Gasteiger partial charge is 0.301 e. The third kappa shape index (κ3) is 4.48. The summed E-state index contributed by atoms with van der Waals surface area (Å²) in [7, 11) is 0. The average molecular weight is 396 g/mol. The van der Waals surface area contributed by atoms with Crippen LogP contribution in [-0.4, -0.2) is 21.6 Å². The molecule has 24 heavy (non-hydrogen) atoms. The molecule has 3 rings (SSSR count). The minimum atomic E-state index is -0.155. The van der Waals surface area contributed by atoms with Crippen LogP contribution >= 0.6 is 46.3 Å². The van der Waals surface area contributed by atoms with Crippen molar-refractivity contribution in [3.8, 4) is 11.4 Å². The van der Waals surface area contributed by atoms with E-state index in [1.54, 1.807) is 24.4 Å². The highest BCUT2D eigenvalue weighted by atomic mass is 35.5. The molecule has 0 radical (unpaired) electrons. The first-order valence-electron chi connectivity index (χ1n) is 6.86. The molecule has 0 fully saturated rings. The van der Waals surface area contributed by atoms with Gasteiger partial charge in [0, 0.05) is 21.5 Å². The Morgan fingerprint density at radius 2 is 2.08 bits per heavy atom. The van der Waals surface area contributed by atoms with E-state index in [1.165, 1.54) is 23.1 Å². The number of halogens is 2. The molecular weight excluding hydrogens is 385 g/mol. The van der Waals surface area contributed by atoms with Crippen LogP contribution in [0.3, 0.4) is 0 Å². The SMILES string of the molecule is O=C(CSc1cc(Cl)ccc1Cl)Nc1nc(-c2ccccn2)cs1. The minimum absolute atomic E-state index is 0.155. The topological polar surface area (TPSA) is 54.9 Å². The van der Waals surface area contributed by atoms with Gasteiger partial charge in [-0.05, 0) is 30.3 Å². The fourth-order valence-electron chi connectivity index (χ4n) is 1.85. The molecule has 0 saturated carbocycles. The number of carbonyl (C=O) groups is 1. The normalized spacial score (nSPS) is 10.6. The van der Waals surface area contributed by atoms with E-state index in [-0.39, 0.29) is 11.7 Å². The predicted octanol–water partition coefficient (Wildman–Crippen LogP) is 5.24. The molecule has 1 aromatic carbocycles. The number of anilines is 1. The van der Waals surface area contributed by atoms with E-state index in [4.69, 9.17) is 23.2 Å². The maximum absolute atomic E-state index is 12.1. The molecule has 0 aliphatic carbocycles. The van der Waals surface area contributed by atoms with E-state index in [1.807, 2.05) is 23.6 Å². The molecule has 0 spiro atoms. The van der Waals surface area contributed by atoms with Gasteiger partial charge in [-0.25, -0.2) is 4.98 Å². The van der Waals surface area contributed by atoms with Crippen LogP contribution < -0.4 is 5.32 Å². The first-order valence-corrected chi connectivity index (χ1v) is 9.48. The molecule has 3 aromatic rings. The van der Waals surface area contributed by atoms with Crippen LogP contribution in [0.2, 0.25) is 10.0 Å². The van der Waals surface area contributed by atoms with Crippen molar-refractivity contribution in [3.63, 3.8) is 0 Å². The van der Waals surface area contributed by atoms with Gasteiger partial charge >= 0.3 is 0 Å². The van der Waals surface area contributed by atoms with Gasteiger partial charge in [0.1, 0.15) is 5.69 Å². The summed E-state index contributed by atoms with van der Waals surface area (Å²) in [5.74, 6) is 0.0661. The lowest BCUT2D eigenvalue weighted by Crippen LogP contribution is -2.13. The fourth-order valence-corrected chi connectivity index (χ4v) is 3.86. The van der Waals surface area contributed by atoms with Crippen molar-refractivity contribution in [2.45, 2.75) is 4.90 Å². The maximum Gasteiger partial charge on any atom is 0.236 e. The number of nitrogens with one attached hydrogen (secondary N) is 1. The number of hydrogen-bond donors (Lipinski definition) is 1. The number of thiazole rings is 1. The Kier molecular flexibility index (Phi) is 5.73. The molecule has 122 valence electrons. The second-order valence-corrected chi connectivity index (χ2v) is 7.38. The lowest BCUT2D eigenvalue weighted by molar-refractivity contribution is -0.113. The van der Waals surface area contributed by atoms with Gasteiger partial charge in [-0.1, -0.05) is 29.3 Å². The Morgan fingerprint density at radius 3 is 2.88 bits per heavy atom. The molecule has 0 atom stereocenters. The first-order chi connectivity index (χ1) is 11.6. The van der Waals surface area contributed by atoms with Gasteiger partial charge in [-0.3, -0.25) is 9.78 Å². The van der Waals surface area contributed by atoms with Crippen LogP contribution in [0.4, 0.5) is 5.13 Å². The summed E-state index contributed by atoms with van der Waals surface area (Å²) in [5.41, 5.74) is 1.51. The van der Waals surface area contributed by atoms with E-state index in [2.05, 4.69) is 15.3 Å². The molecule has 0 unspecified atom stereocenters. The maximum atomic E-state index is 12.1. The van der Waals surface area contributed by atoms with Crippen LogP contribution in [0.1, 0.15) is 0 Å². The van der Waals surface area contributed by atoms with E-state index in [0.717, 1.165) is 16.3 Å². The van der Waals surface area contributed by atoms with Crippen molar-refractivity contribution in [3.05, 3.63) is 58.0 Å². The van der Waals surface area contributed by atoms with Crippen LogP contribution in [0.15, 0.2) is 52.9 Å². The number of aromatic nitrogens is 2. The fraction of sp³-hybridized carbons (Fsp3) is 0.0625. The monoisotopic (exact) mass is 395 g/mol. The molecule has 0 bridgehead atoms. The highest BCUT2D eigenvalue weighted by molar-refractivity contribution is 8.00. The van der Waals surface area contributed by atoms with E-state index in [0.29, 0.717) is 15.2 Å². The summed E-state index contributed by atoms with van der Waals surface area (Å²) < 4.78 is 0. The number of benzene rings is 1. The molecule has 1 N–H and O–H groups in total. The van der Waals surface area contributed by atoms with Gasteiger partial charge < -0.3 is 5.32 Å². The first kappa shape index (κ1) is 17.2. The van der Waals surface area contributed by atoms with Gasteiger partial charge in [0.15, 0.2) is 5.13 Å². The zero-order chi connectivity index (χ0) is 16.9. The Balaban J connectivity index is 1.59. The van der Waals surface area contributed by atoms with Crippen LogP contribution in [0.5, 0.6) is 0 Å². The highest BCUT2D eigenvalue weighted by Crippen LogP contribution is 2.30. The molecule has 0 aliphatic rings. The van der Waals surface area contributed by atoms with E-state index in [9.17, 15) is 4.79 Å². The lowest BCUT2D eigenvalue weighted by atomic mass is 10.3. The second-order valence-electron chi connectivity index (χ2n) is 4.66. The van der Waals surface area contributed by atoms with Crippen molar-refractivity contribution in [2.75, 3.05) is 11.1 Å². The van der Waals surface area contributed by atoms with Gasteiger partial charge in [0.2, 0.25) is 5.91 Å². The van der Waals surface area contributed by atoms with Crippen molar-refractivity contribution < 1.29 is 4.79 Å². The Morgan fingerprint density at radius 1 is 1.21 bits per heavy atom. The summed E-state index contributed by atoms with van der Waals surface area (Å²) in [5, 5.41) is 6.34. The Hall–Kier alpha value is -1.60. The lowest BCUT2D eigenvalue weighted by Gasteiger charge is -2.04. The highest BCUT2D eigenvalue weighted by Gasteiger charge is 2.10. The van der Waals surface area contributed by atoms with Crippen molar-refractivity contribution in [1.82, 2.24) is 9.97 Å². The average Bonchev–Trinajstić information content (AvgIpc) is 3.05. The van der Waals surface area contributed by atoms with Gasteiger partial charge in [0.05, 0.1) is 16.5 Å². The van der Waals surface area contributed by atoms with Crippen molar-refractivity contribution in [2.24, 2.45) is 0 Å². The molecule has 0 aliphatic heterocycles. The Labute approximate surface area is 157 Å². The van der Waals surface area contributed by atoms with Crippen LogP contribution in [0.25, 0.3) is 11.4 Å². The van der Waals surface area contributed by atoms with Crippen molar-refractivity contribution in [1.29, 1.82) is 0 Å². The number of pyridine rings is 1. The van der Waals surface area contributed by atoms with E-state index < -0.39 is 0 Å². The van der Waals surface area contributed by atoms with E-state index >= 15 is 0 Å². The quantitative estimate of drug-likeness (QED) is 0.599. The molecule has 2 heterocycles. The minimum Gasteiger partial charge on any atom is -0.301 e. The molecule has 4 nitrogen and oxygen atoms in total. The summed E-state index contributed by atoms with van der Waals surface area (Å²) in [6.45, 7) is 0. The number of carbonyl (C=O) groups excluding carboxylic acids is 1. The standard InChI is InChI=1S/C16H11Cl2N3OS2/c17-10-4-5-11(18)14(7-10)23-9-15(22)21-16-20-13(8-24-16)12-3-1-2-6-19-12/h1-8H,9H2,(H,20,21,22). The van der Waals surface area contributed by atoms with Gasteiger partial charge in [0.25, 0.3) is 0 Å².